The summed E-state index contributed by atoms with van der Waals surface area (Å²) in [4.78, 5) is 23.4. The van der Waals surface area contributed by atoms with Crippen LogP contribution < -0.4 is 5.32 Å². The molecular weight excluding hydrogens is 320 g/mol. The average Bonchev–Trinajstić information content (AvgIpc) is 2.44. The highest BCUT2D eigenvalue weighted by molar-refractivity contribution is 5.80. The first-order valence-corrected chi connectivity index (χ1v) is 8.59. The molecule has 142 valence electrons. The number of halogens is 2. The van der Waals surface area contributed by atoms with Crippen LogP contribution in [0.2, 0.25) is 0 Å². The molecule has 0 spiro atoms. The third-order valence-electron chi connectivity index (χ3n) is 3.27. The monoisotopic (exact) mass is 351 g/mol. The molecule has 0 aliphatic carbocycles. The minimum absolute atomic E-state index is 0.0191. The van der Waals surface area contributed by atoms with Gasteiger partial charge in [0.1, 0.15) is 11.6 Å². The number of nitrogens with one attached hydrogen (secondary N) is 1. The van der Waals surface area contributed by atoms with E-state index in [1.54, 1.807) is 20.8 Å². The van der Waals surface area contributed by atoms with E-state index in [1.165, 1.54) is 6.92 Å². The molecule has 0 heterocycles. The van der Waals surface area contributed by atoms with Crippen molar-refractivity contribution in [1.82, 2.24) is 5.32 Å². The zero-order valence-corrected chi connectivity index (χ0v) is 15.4. The van der Waals surface area contributed by atoms with Crippen molar-refractivity contribution in [2.75, 3.05) is 6.61 Å². The number of hydrogen-bond acceptors (Lipinski definition) is 4. The second-order valence-electron chi connectivity index (χ2n) is 6.75. The van der Waals surface area contributed by atoms with Gasteiger partial charge in [0, 0.05) is 0 Å². The second kappa shape index (κ2) is 10.5. The standard InChI is InChI=1S/C17H31F2NO4/c1-6-8-9-10-11-12-13(17(18,19)14(21)23-7-2)20-15(22)24-16(3,4)5/h13H,6-12H2,1-5H3,(H,20,22)/t13-/m0/s1. The Morgan fingerprint density at radius 2 is 1.62 bits per heavy atom. The number of carbonyl (C=O) groups is 2. The maximum Gasteiger partial charge on any atom is 0.408 e. The van der Waals surface area contributed by atoms with E-state index >= 15 is 0 Å². The van der Waals surface area contributed by atoms with Crippen molar-refractivity contribution in [2.24, 2.45) is 0 Å². The lowest BCUT2D eigenvalue weighted by molar-refractivity contribution is -0.176. The molecule has 0 fully saturated rings. The van der Waals surface area contributed by atoms with Crippen molar-refractivity contribution in [3.63, 3.8) is 0 Å². The van der Waals surface area contributed by atoms with Crippen LogP contribution in [0.1, 0.15) is 73.1 Å². The van der Waals surface area contributed by atoms with Gasteiger partial charge in [-0.3, -0.25) is 0 Å². The fraction of sp³-hybridized carbons (Fsp3) is 0.882. The largest absolute Gasteiger partial charge is 0.461 e. The molecule has 1 atom stereocenters. The minimum Gasteiger partial charge on any atom is -0.461 e. The van der Waals surface area contributed by atoms with E-state index in [4.69, 9.17) is 4.74 Å². The van der Waals surface area contributed by atoms with E-state index in [1.807, 2.05) is 0 Å². The lowest BCUT2D eigenvalue weighted by Crippen LogP contribution is -2.53. The van der Waals surface area contributed by atoms with Gasteiger partial charge in [-0.25, -0.2) is 9.59 Å². The highest BCUT2D eigenvalue weighted by atomic mass is 19.3. The first-order chi connectivity index (χ1) is 11.0. The van der Waals surface area contributed by atoms with Crippen molar-refractivity contribution in [3.8, 4) is 0 Å². The van der Waals surface area contributed by atoms with E-state index in [0.717, 1.165) is 25.7 Å². The molecule has 0 aromatic heterocycles. The van der Waals surface area contributed by atoms with Crippen molar-refractivity contribution >= 4 is 12.1 Å². The van der Waals surface area contributed by atoms with E-state index in [0.29, 0.717) is 6.42 Å². The molecule has 1 amide bonds. The topological polar surface area (TPSA) is 64.6 Å². The zero-order valence-electron chi connectivity index (χ0n) is 15.4. The van der Waals surface area contributed by atoms with Crippen molar-refractivity contribution in [2.45, 2.75) is 90.7 Å². The van der Waals surface area contributed by atoms with Gasteiger partial charge in [0.05, 0.1) is 6.61 Å². The first-order valence-electron chi connectivity index (χ1n) is 8.59. The van der Waals surface area contributed by atoms with Crippen LogP contribution in [0.3, 0.4) is 0 Å². The molecule has 0 saturated carbocycles. The number of esters is 1. The predicted molar refractivity (Wildman–Crippen MR) is 88.1 cm³/mol. The summed E-state index contributed by atoms with van der Waals surface area (Å²) in [7, 11) is 0. The summed E-state index contributed by atoms with van der Waals surface area (Å²) < 4.78 is 38.0. The highest BCUT2D eigenvalue weighted by Gasteiger charge is 2.49. The summed E-state index contributed by atoms with van der Waals surface area (Å²) >= 11 is 0. The summed E-state index contributed by atoms with van der Waals surface area (Å²) in [6.45, 7) is 8.27. The smallest absolute Gasteiger partial charge is 0.408 e. The fourth-order valence-corrected chi connectivity index (χ4v) is 2.12. The van der Waals surface area contributed by atoms with Gasteiger partial charge >= 0.3 is 18.0 Å². The molecule has 0 aliphatic rings. The lowest BCUT2D eigenvalue weighted by Gasteiger charge is -2.28. The van der Waals surface area contributed by atoms with Crippen LogP contribution in [-0.4, -0.2) is 36.2 Å². The van der Waals surface area contributed by atoms with Crippen LogP contribution in [0.25, 0.3) is 0 Å². The molecule has 0 aliphatic heterocycles. The van der Waals surface area contributed by atoms with Gasteiger partial charge in [-0.1, -0.05) is 39.0 Å². The lowest BCUT2D eigenvalue weighted by atomic mass is 10.0. The van der Waals surface area contributed by atoms with E-state index in [9.17, 15) is 18.4 Å². The Balaban J connectivity index is 4.87. The summed E-state index contributed by atoms with van der Waals surface area (Å²) in [6, 6.07) is -1.65. The number of ether oxygens (including phenoxy) is 2. The quantitative estimate of drug-likeness (QED) is 0.467. The molecule has 7 heteroatoms. The Hall–Kier alpha value is -1.40. The SMILES string of the molecule is CCCCCCC[C@H](NC(=O)OC(C)(C)C)C(F)(F)C(=O)OCC. The maximum absolute atomic E-state index is 14.3. The van der Waals surface area contributed by atoms with Crippen LogP contribution in [0.4, 0.5) is 13.6 Å². The molecule has 0 radical (unpaired) electrons. The third kappa shape index (κ3) is 9.03. The van der Waals surface area contributed by atoms with Gasteiger partial charge in [-0.2, -0.15) is 8.78 Å². The number of amides is 1. The number of rotatable bonds is 10. The average molecular weight is 351 g/mol. The fourth-order valence-electron chi connectivity index (χ4n) is 2.12. The van der Waals surface area contributed by atoms with Crippen molar-refractivity contribution in [1.29, 1.82) is 0 Å². The number of unbranched alkanes of at least 4 members (excludes halogenated alkanes) is 4. The molecule has 0 rings (SSSR count). The van der Waals surface area contributed by atoms with Crippen LogP contribution in [-0.2, 0) is 14.3 Å². The van der Waals surface area contributed by atoms with E-state index in [-0.39, 0.29) is 13.0 Å². The van der Waals surface area contributed by atoms with Crippen LogP contribution in [0.15, 0.2) is 0 Å². The second-order valence-corrected chi connectivity index (χ2v) is 6.75. The number of alkyl halides is 2. The molecule has 1 N–H and O–H groups in total. The first kappa shape index (κ1) is 22.6. The summed E-state index contributed by atoms with van der Waals surface area (Å²) in [5.74, 6) is -5.42. The van der Waals surface area contributed by atoms with Gasteiger partial charge in [0.25, 0.3) is 0 Å². The van der Waals surface area contributed by atoms with Gasteiger partial charge in [-0.05, 0) is 34.1 Å². The number of hydrogen-bond donors (Lipinski definition) is 1. The van der Waals surface area contributed by atoms with E-state index < -0.39 is 29.6 Å². The van der Waals surface area contributed by atoms with Crippen LogP contribution in [0, 0.1) is 0 Å². The summed E-state index contributed by atoms with van der Waals surface area (Å²) in [5, 5.41) is 2.13. The van der Waals surface area contributed by atoms with Crippen LogP contribution in [0.5, 0.6) is 0 Å². The molecule has 24 heavy (non-hydrogen) atoms. The Morgan fingerprint density at radius 1 is 1.04 bits per heavy atom. The third-order valence-corrected chi connectivity index (χ3v) is 3.27. The Morgan fingerprint density at radius 3 is 2.12 bits per heavy atom. The number of alkyl carbamates (subject to hydrolysis) is 1. The Bertz CT molecular complexity index is 395. The summed E-state index contributed by atoms with van der Waals surface area (Å²) in [5.41, 5.74) is -0.811. The van der Waals surface area contributed by atoms with Crippen LogP contribution >= 0.6 is 0 Å². The molecule has 0 aromatic rings. The molecule has 5 nitrogen and oxygen atoms in total. The van der Waals surface area contributed by atoms with Gasteiger partial charge < -0.3 is 14.8 Å². The molecule has 0 aromatic carbocycles. The molecule has 0 saturated heterocycles. The van der Waals surface area contributed by atoms with Gasteiger partial charge in [0.2, 0.25) is 0 Å². The zero-order chi connectivity index (χ0) is 18.8. The minimum atomic E-state index is -3.79. The normalized spacial score (nSPS) is 13.3. The van der Waals surface area contributed by atoms with Crippen molar-refractivity contribution < 1.29 is 27.8 Å². The highest BCUT2D eigenvalue weighted by Crippen LogP contribution is 2.25. The van der Waals surface area contributed by atoms with Gasteiger partial charge in [0.15, 0.2) is 0 Å². The molecule has 0 bridgehead atoms. The van der Waals surface area contributed by atoms with Crippen molar-refractivity contribution in [3.05, 3.63) is 0 Å². The Labute approximate surface area is 143 Å². The Kier molecular flexibility index (Phi) is 9.85. The maximum atomic E-state index is 14.3. The number of carbonyl (C=O) groups excluding carboxylic acids is 2. The predicted octanol–water partition coefficient (Wildman–Crippen LogP) is 4.44. The molecular formula is C17H31F2NO4. The molecule has 0 unspecified atom stereocenters. The van der Waals surface area contributed by atoms with Gasteiger partial charge in [-0.15, -0.1) is 0 Å². The summed E-state index contributed by atoms with van der Waals surface area (Å²) in [6.07, 6.45) is 3.26. The van der Waals surface area contributed by atoms with E-state index in [2.05, 4.69) is 17.0 Å².